The van der Waals surface area contributed by atoms with Crippen LogP contribution in [0.4, 0.5) is 0 Å². The van der Waals surface area contributed by atoms with Gasteiger partial charge in [0.2, 0.25) is 0 Å². The zero-order valence-electron chi connectivity index (χ0n) is 9.50. The SMILES string of the molecule is O=C/C(=C\c1ccccc1)NC(=O)c1ccco1. The Morgan fingerprint density at radius 2 is 1.89 bits per heavy atom. The second kappa shape index (κ2) is 5.63. The van der Waals surface area contributed by atoms with Crippen molar-refractivity contribution in [2.24, 2.45) is 0 Å². The number of hydrogen-bond acceptors (Lipinski definition) is 3. The Labute approximate surface area is 104 Å². The third-order valence-electron chi connectivity index (χ3n) is 2.25. The van der Waals surface area contributed by atoms with E-state index in [0.717, 1.165) is 5.56 Å². The van der Waals surface area contributed by atoms with Crippen LogP contribution in [0.3, 0.4) is 0 Å². The second-order valence-corrected chi connectivity index (χ2v) is 3.56. The molecule has 0 unspecified atom stereocenters. The van der Waals surface area contributed by atoms with E-state index >= 15 is 0 Å². The van der Waals surface area contributed by atoms with Gasteiger partial charge >= 0.3 is 0 Å². The summed E-state index contributed by atoms with van der Waals surface area (Å²) in [6.07, 6.45) is 3.58. The molecule has 0 radical (unpaired) electrons. The zero-order chi connectivity index (χ0) is 12.8. The van der Waals surface area contributed by atoms with Crippen molar-refractivity contribution in [1.82, 2.24) is 5.32 Å². The molecule has 1 heterocycles. The predicted molar refractivity (Wildman–Crippen MR) is 66.7 cm³/mol. The molecule has 1 amide bonds. The fourth-order valence-electron chi connectivity index (χ4n) is 1.43. The molecule has 1 aromatic carbocycles. The highest BCUT2D eigenvalue weighted by molar-refractivity contribution is 5.97. The van der Waals surface area contributed by atoms with Crippen molar-refractivity contribution in [3.8, 4) is 0 Å². The number of hydrogen-bond donors (Lipinski definition) is 1. The van der Waals surface area contributed by atoms with E-state index in [9.17, 15) is 9.59 Å². The van der Waals surface area contributed by atoms with E-state index in [-0.39, 0.29) is 11.5 Å². The quantitative estimate of drug-likeness (QED) is 0.659. The number of aldehydes is 1. The van der Waals surface area contributed by atoms with Gasteiger partial charge in [0, 0.05) is 0 Å². The van der Waals surface area contributed by atoms with Crippen molar-refractivity contribution in [2.45, 2.75) is 0 Å². The average molecular weight is 241 g/mol. The summed E-state index contributed by atoms with van der Waals surface area (Å²) < 4.78 is 4.94. The van der Waals surface area contributed by atoms with Crippen LogP contribution in [-0.2, 0) is 4.79 Å². The lowest BCUT2D eigenvalue weighted by Gasteiger charge is -2.02. The number of furan rings is 1. The van der Waals surface area contributed by atoms with Crippen molar-refractivity contribution in [2.75, 3.05) is 0 Å². The second-order valence-electron chi connectivity index (χ2n) is 3.56. The average Bonchev–Trinajstić information content (AvgIpc) is 2.93. The fourth-order valence-corrected chi connectivity index (χ4v) is 1.43. The summed E-state index contributed by atoms with van der Waals surface area (Å²) in [6, 6.07) is 12.4. The standard InChI is InChI=1S/C14H11NO3/c16-10-12(9-11-5-2-1-3-6-11)15-14(17)13-7-4-8-18-13/h1-10H,(H,15,17)/b12-9+. The molecule has 0 bridgehead atoms. The molecule has 0 aliphatic heterocycles. The maximum Gasteiger partial charge on any atom is 0.291 e. The van der Waals surface area contributed by atoms with E-state index < -0.39 is 5.91 Å². The van der Waals surface area contributed by atoms with Crippen LogP contribution < -0.4 is 5.32 Å². The Kier molecular flexibility index (Phi) is 3.71. The van der Waals surface area contributed by atoms with Gasteiger partial charge in [0.15, 0.2) is 12.0 Å². The number of rotatable bonds is 4. The van der Waals surface area contributed by atoms with Crippen LogP contribution in [0.5, 0.6) is 0 Å². The van der Waals surface area contributed by atoms with Crippen LogP contribution in [0, 0.1) is 0 Å². The minimum absolute atomic E-state index is 0.163. The number of allylic oxidation sites excluding steroid dienone is 1. The molecule has 90 valence electrons. The fraction of sp³-hybridized carbons (Fsp3) is 0. The van der Waals surface area contributed by atoms with Gasteiger partial charge in [-0.15, -0.1) is 0 Å². The Morgan fingerprint density at radius 3 is 2.50 bits per heavy atom. The smallest absolute Gasteiger partial charge is 0.291 e. The molecule has 4 nitrogen and oxygen atoms in total. The van der Waals surface area contributed by atoms with Gasteiger partial charge in [0.1, 0.15) is 0 Å². The first-order chi connectivity index (χ1) is 8.79. The summed E-state index contributed by atoms with van der Waals surface area (Å²) in [7, 11) is 0. The van der Waals surface area contributed by atoms with Gasteiger partial charge in [0.25, 0.3) is 5.91 Å². The van der Waals surface area contributed by atoms with Crippen LogP contribution in [0.15, 0.2) is 58.8 Å². The monoisotopic (exact) mass is 241 g/mol. The van der Waals surface area contributed by atoms with E-state index in [2.05, 4.69) is 5.32 Å². The van der Waals surface area contributed by atoms with Crippen molar-refractivity contribution >= 4 is 18.3 Å². The molecule has 1 aromatic heterocycles. The Morgan fingerprint density at radius 1 is 1.11 bits per heavy atom. The van der Waals surface area contributed by atoms with Gasteiger partial charge in [-0.05, 0) is 23.8 Å². The number of benzene rings is 1. The number of amides is 1. The first-order valence-corrected chi connectivity index (χ1v) is 5.36. The van der Waals surface area contributed by atoms with Crippen LogP contribution in [0.25, 0.3) is 6.08 Å². The predicted octanol–water partition coefficient (Wildman–Crippen LogP) is 2.25. The molecule has 4 heteroatoms. The molecule has 1 N–H and O–H groups in total. The summed E-state index contributed by atoms with van der Waals surface area (Å²) >= 11 is 0. The summed E-state index contributed by atoms with van der Waals surface area (Å²) in [5, 5.41) is 2.48. The van der Waals surface area contributed by atoms with E-state index in [1.807, 2.05) is 30.3 Å². The Bertz CT molecular complexity index is 556. The van der Waals surface area contributed by atoms with Crippen molar-refractivity contribution in [1.29, 1.82) is 0 Å². The summed E-state index contributed by atoms with van der Waals surface area (Å²) in [6.45, 7) is 0. The third-order valence-corrected chi connectivity index (χ3v) is 2.25. The topological polar surface area (TPSA) is 59.3 Å². The first-order valence-electron chi connectivity index (χ1n) is 5.36. The molecule has 0 saturated heterocycles. The minimum atomic E-state index is -0.450. The molecule has 0 aliphatic rings. The molecular weight excluding hydrogens is 230 g/mol. The maximum absolute atomic E-state index is 11.7. The number of carbonyl (C=O) groups is 2. The maximum atomic E-state index is 11.7. The van der Waals surface area contributed by atoms with Crippen LogP contribution in [0.1, 0.15) is 16.1 Å². The van der Waals surface area contributed by atoms with Gasteiger partial charge in [-0.1, -0.05) is 30.3 Å². The molecule has 0 aliphatic carbocycles. The van der Waals surface area contributed by atoms with Crippen molar-refractivity contribution < 1.29 is 14.0 Å². The largest absolute Gasteiger partial charge is 0.459 e. The highest BCUT2D eigenvalue weighted by Crippen LogP contribution is 2.05. The van der Waals surface area contributed by atoms with E-state index in [1.165, 1.54) is 12.3 Å². The number of carbonyl (C=O) groups excluding carboxylic acids is 2. The summed E-state index contributed by atoms with van der Waals surface area (Å²) in [5.74, 6) is -0.287. The summed E-state index contributed by atoms with van der Waals surface area (Å²) in [5.41, 5.74) is 1.02. The van der Waals surface area contributed by atoms with Crippen molar-refractivity contribution in [3.05, 3.63) is 65.7 Å². The van der Waals surface area contributed by atoms with E-state index in [1.54, 1.807) is 12.1 Å². The minimum Gasteiger partial charge on any atom is -0.459 e. The zero-order valence-corrected chi connectivity index (χ0v) is 9.50. The van der Waals surface area contributed by atoms with Gasteiger partial charge in [0.05, 0.1) is 12.0 Å². The highest BCUT2D eigenvalue weighted by Gasteiger charge is 2.09. The molecule has 2 aromatic rings. The highest BCUT2D eigenvalue weighted by atomic mass is 16.3. The van der Waals surface area contributed by atoms with Gasteiger partial charge in [-0.25, -0.2) is 0 Å². The molecule has 18 heavy (non-hydrogen) atoms. The van der Waals surface area contributed by atoms with Gasteiger partial charge < -0.3 is 9.73 Å². The molecular formula is C14H11NO3. The van der Waals surface area contributed by atoms with Crippen LogP contribution in [0.2, 0.25) is 0 Å². The van der Waals surface area contributed by atoms with Gasteiger partial charge in [-0.3, -0.25) is 9.59 Å². The molecule has 0 saturated carbocycles. The van der Waals surface area contributed by atoms with Crippen molar-refractivity contribution in [3.63, 3.8) is 0 Å². The number of nitrogens with one attached hydrogen (secondary N) is 1. The van der Waals surface area contributed by atoms with Crippen LogP contribution in [-0.4, -0.2) is 12.2 Å². The molecule has 0 atom stereocenters. The third kappa shape index (κ3) is 2.95. The lowest BCUT2D eigenvalue weighted by molar-refractivity contribution is -0.105. The Balaban J connectivity index is 2.13. The lowest BCUT2D eigenvalue weighted by atomic mass is 10.2. The van der Waals surface area contributed by atoms with Crippen LogP contribution >= 0.6 is 0 Å². The molecule has 2 rings (SSSR count). The summed E-state index contributed by atoms with van der Waals surface area (Å²) in [4.78, 5) is 22.6. The first kappa shape index (κ1) is 11.9. The molecule has 0 fully saturated rings. The van der Waals surface area contributed by atoms with E-state index in [0.29, 0.717) is 6.29 Å². The lowest BCUT2D eigenvalue weighted by Crippen LogP contribution is -2.22. The van der Waals surface area contributed by atoms with E-state index in [4.69, 9.17) is 4.42 Å². The van der Waals surface area contributed by atoms with Gasteiger partial charge in [-0.2, -0.15) is 0 Å². The molecule has 0 spiro atoms. The normalized spacial score (nSPS) is 11.0. The Hall–Kier alpha value is -2.62.